The molecule has 0 saturated carbocycles. The number of Topliss-reactive ketones (excluding diaryl/α,β-unsaturated/α-hetero) is 1. The van der Waals surface area contributed by atoms with Crippen molar-refractivity contribution in [3.05, 3.63) is 23.8 Å². The number of carbonyl (C=O) groups excluding carboxylic acids is 1. The first-order valence-electron chi connectivity index (χ1n) is 5.05. The molecule has 0 aliphatic rings. The lowest BCUT2D eigenvalue weighted by Crippen LogP contribution is -2.04. The number of ketones is 1. The zero-order chi connectivity index (χ0) is 12.1. The van der Waals surface area contributed by atoms with Crippen molar-refractivity contribution in [3.63, 3.8) is 0 Å². The molecule has 0 aliphatic carbocycles. The highest BCUT2D eigenvalue weighted by Gasteiger charge is 2.17. The van der Waals surface area contributed by atoms with Crippen molar-refractivity contribution in [3.8, 4) is 5.75 Å². The molecule has 1 atom stereocenters. The minimum Gasteiger partial charge on any atom is -0.493 e. The number of thioether (sulfide) groups is 1. The number of carbonyl (C=O) groups is 1. The lowest BCUT2D eigenvalue weighted by atomic mass is 10.1. The van der Waals surface area contributed by atoms with Crippen molar-refractivity contribution in [2.24, 2.45) is 0 Å². The maximum atomic E-state index is 11.3. The number of hydrogen-bond acceptors (Lipinski definition) is 3. The summed E-state index contributed by atoms with van der Waals surface area (Å²) in [5.41, 5.74) is 0.896. The normalized spacial score (nSPS) is 12.2. The van der Waals surface area contributed by atoms with Crippen LogP contribution in [0.3, 0.4) is 0 Å². The van der Waals surface area contributed by atoms with Gasteiger partial charge in [0.25, 0.3) is 0 Å². The van der Waals surface area contributed by atoms with Crippen LogP contribution in [0.25, 0.3) is 0 Å². The van der Waals surface area contributed by atoms with Crippen LogP contribution >= 0.6 is 27.7 Å². The van der Waals surface area contributed by atoms with Crippen LogP contribution in [0.2, 0.25) is 0 Å². The van der Waals surface area contributed by atoms with Gasteiger partial charge in [-0.05, 0) is 32.2 Å². The van der Waals surface area contributed by atoms with Crippen molar-refractivity contribution in [2.45, 2.75) is 23.6 Å². The molecule has 1 unspecified atom stereocenters. The summed E-state index contributed by atoms with van der Waals surface area (Å²) in [6, 6.07) is 5.91. The third-order valence-corrected chi connectivity index (χ3v) is 4.01. The average Bonchev–Trinajstić information content (AvgIpc) is 2.28. The monoisotopic (exact) mass is 302 g/mol. The molecule has 0 N–H and O–H groups in total. The second-order valence-electron chi connectivity index (χ2n) is 3.31. The molecule has 0 radical (unpaired) electrons. The Bertz CT molecular complexity index is 379. The zero-order valence-corrected chi connectivity index (χ0v) is 12.0. The Morgan fingerprint density at radius 2 is 2.25 bits per heavy atom. The first kappa shape index (κ1) is 13.6. The van der Waals surface area contributed by atoms with E-state index in [1.54, 1.807) is 18.7 Å². The predicted octanol–water partition coefficient (Wildman–Crippen LogP) is 3.83. The Labute approximate surface area is 109 Å². The Balaban J connectivity index is 3.11. The topological polar surface area (TPSA) is 26.3 Å². The largest absolute Gasteiger partial charge is 0.493 e. The zero-order valence-electron chi connectivity index (χ0n) is 9.62. The molecule has 88 valence electrons. The van der Waals surface area contributed by atoms with E-state index in [2.05, 4.69) is 15.9 Å². The Kier molecular flexibility index (Phi) is 5.35. The second kappa shape index (κ2) is 6.30. The van der Waals surface area contributed by atoms with Crippen LogP contribution in [0.5, 0.6) is 5.75 Å². The molecular formula is C12H15BrO2S. The second-order valence-corrected chi connectivity index (χ2v) is 5.11. The van der Waals surface area contributed by atoms with E-state index in [1.165, 1.54) is 0 Å². The highest BCUT2D eigenvalue weighted by molar-refractivity contribution is 9.09. The SMILES string of the molecule is CCOc1cc(SC)ccc1C(Br)C(C)=O. The van der Waals surface area contributed by atoms with E-state index < -0.39 is 0 Å². The molecule has 0 fully saturated rings. The molecule has 1 rings (SSSR count). The van der Waals surface area contributed by atoms with Gasteiger partial charge in [0, 0.05) is 10.5 Å². The first-order chi connectivity index (χ1) is 7.60. The molecule has 4 heteroatoms. The molecule has 0 amide bonds. The summed E-state index contributed by atoms with van der Waals surface area (Å²) in [5, 5.41) is 0. The van der Waals surface area contributed by atoms with Gasteiger partial charge in [-0.2, -0.15) is 0 Å². The van der Waals surface area contributed by atoms with Gasteiger partial charge < -0.3 is 4.74 Å². The molecular weight excluding hydrogens is 288 g/mol. The van der Waals surface area contributed by atoms with E-state index in [0.29, 0.717) is 6.61 Å². The number of alkyl halides is 1. The Morgan fingerprint density at radius 3 is 2.75 bits per heavy atom. The molecule has 1 aromatic rings. The summed E-state index contributed by atoms with van der Waals surface area (Å²) < 4.78 is 5.56. The third-order valence-electron chi connectivity index (χ3n) is 2.15. The van der Waals surface area contributed by atoms with Crippen molar-refractivity contribution in [1.29, 1.82) is 0 Å². The summed E-state index contributed by atoms with van der Waals surface area (Å²) in [7, 11) is 0. The maximum absolute atomic E-state index is 11.3. The average molecular weight is 303 g/mol. The van der Waals surface area contributed by atoms with Crippen LogP contribution in [0.15, 0.2) is 23.1 Å². The van der Waals surface area contributed by atoms with Gasteiger partial charge in [-0.3, -0.25) is 4.79 Å². The number of halogens is 1. The number of rotatable bonds is 5. The number of benzene rings is 1. The standard InChI is InChI=1S/C12H15BrO2S/c1-4-15-11-7-9(16-3)5-6-10(11)12(13)8(2)14/h5-7,12H,4H2,1-3H3. The van der Waals surface area contributed by atoms with Crippen LogP contribution in [-0.4, -0.2) is 18.6 Å². The molecule has 0 heterocycles. The summed E-state index contributed by atoms with van der Waals surface area (Å²) in [5.74, 6) is 0.865. The van der Waals surface area contributed by atoms with Crippen LogP contribution in [-0.2, 0) is 4.79 Å². The summed E-state index contributed by atoms with van der Waals surface area (Å²) in [4.78, 5) is 12.2. The van der Waals surface area contributed by atoms with Crippen LogP contribution in [0.1, 0.15) is 24.2 Å². The van der Waals surface area contributed by atoms with E-state index in [0.717, 1.165) is 16.2 Å². The highest BCUT2D eigenvalue weighted by atomic mass is 79.9. The minimum absolute atomic E-state index is 0.0813. The molecule has 1 aromatic carbocycles. The van der Waals surface area contributed by atoms with E-state index in [-0.39, 0.29) is 10.6 Å². The van der Waals surface area contributed by atoms with Gasteiger partial charge in [-0.15, -0.1) is 11.8 Å². The maximum Gasteiger partial charge on any atom is 0.147 e. The van der Waals surface area contributed by atoms with E-state index in [1.807, 2.05) is 31.4 Å². The van der Waals surface area contributed by atoms with Gasteiger partial charge in [-0.25, -0.2) is 0 Å². The lowest BCUT2D eigenvalue weighted by molar-refractivity contribution is -0.116. The highest BCUT2D eigenvalue weighted by Crippen LogP contribution is 2.34. The summed E-state index contributed by atoms with van der Waals surface area (Å²) >= 11 is 5.04. The third kappa shape index (κ3) is 3.25. The van der Waals surface area contributed by atoms with E-state index in [4.69, 9.17) is 4.74 Å². The smallest absolute Gasteiger partial charge is 0.147 e. The van der Waals surface area contributed by atoms with Gasteiger partial charge >= 0.3 is 0 Å². The molecule has 0 aliphatic heterocycles. The van der Waals surface area contributed by atoms with Crippen molar-refractivity contribution in [1.82, 2.24) is 0 Å². The number of hydrogen-bond donors (Lipinski definition) is 0. The Morgan fingerprint density at radius 1 is 1.56 bits per heavy atom. The quantitative estimate of drug-likeness (QED) is 0.611. The van der Waals surface area contributed by atoms with Crippen molar-refractivity contribution < 1.29 is 9.53 Å². The van der Waals surface area contributed by atoms with E-state index in [9.17, 15) is 4.79 Å². The molecule has 2 nitrogen and oxygen atoms in total. The van der Waals surface area contributed by atoms with Crippen molar-refractivity contribution in [2.75, 3.05) is 12.9 Å². The van der Waals surface area contributed by atoms with Gasteiger partial charge in [0.2, 0.25) is 0 Å². The first-order valence-corrected chi connectivity index (χ1v) is 7.19. The number of ether oxygens (including phenoxy) is 1. The molecule has 0 saturated heterocycles. The molecule has 0 aromatic heterocycles. The fourth-order valence-electron chi connectivity index (χ4n) is 1.35. The minimum atomic E-state index is -0.287. The van der Waals surface area contributed by atoms with Gasteiger partial charge in [0.05, 0.1) is 6.61 Å². The Hall–Kier alpha value is -0.480. The summed E-state index contributed by atoms with van der Waals surface area (Å²) in [6.45, 7) is 4.10. The van der Waals surface area contributed by atoms with Crippen LogP contribution in [0, 0.1) is 0 Å². The predicted molar refractivity (Wildman–Crippen MR) is 71.7 cm³/mol. The molecule has 16 heavy (non-hydrogen) atoms. The molecule has 0 bridgehead atoms. The summed E-state index contributed by atoms with van der Waals surface area (Å²) in [6.07, 6.45) is 2.02. The molecule has 0 spiro atoms. The van der Waals surface area contributed by atoms with Crippen LogP contribution < -0.4 is 4.74 Å². The van der Waals surface area contributed by atoms with Gasteiger partial charge in [0.1, 0.15) is 16.4 Å². The lowest BCUT2D eigenvalue weighted by Gasteiger charge is -2.14. The van der Waals surface area contributed by atoms with E-state index >= 15 is 0 Å². The van der Waals surface area contributed by atoms with Gasteiger partial charge in [-0.1, -0.05) is 22.0 Å². The van der Waals surface area contributed by atoms with Gasteiger partial charge in [0.15, 0.2) is 0 Å². The van der Waals surface area contributed by atoms with Crippen LogP contribution in [0.4, 0.5) is 0 Å². The van der Waals surface area contributed by atoms with Crippen molar-refractivity contribution >= 4 is 33.5 Å². The fourth-order valence-corrected chi connectivity index (χ4v) is 2.16. The fraction of sp³-hybridized carbons (Fsp3) is 0.417.